The Bertz CT molecular complexity index is 557. The molecule has 19 heavy (non-hydrogen) atoms. The minimum Gasteiger partial charge on any atom is -0.481 e. The number of carboxylic acids is 1. The van der Waals surface area contributed by atoms with Gasteiger partial charge < -0.3 is 5.11 Å². The molecule has 106 valence electrons. The summed E-state index contributed by atoms with van der Waals surface area (Å²) in [5.74, 6) is -1.95. The average Bonchev–Trinajstić information content (AvgIpc) is 2.28. The van der Waals surface area contributed by atoms with Crippen molar-refractivity contribution in [2.75, 3.05) is 6.54 Å². The predicted octanol–water partition coefficient (Wildman–Crippen LogP) is 1.70. The molecule has 7 heteroatoms. The van der Waals surface area contributed by atoms with Gasteiger partial charge in [-0.25, -0.2) is 12.8 Å². The Hall–Kier alpha value is -1.47. The second kappa shape index (κ2) is 6.12. The highest BCUT2D eigenvalue weighted by atomic mass is 32.2. The van der Waals surface area contributed by atoms with Gasteiger partial charge >= 0.3 is 5.97 Å². The van der Waals surface area contributed by atoms with E-state index >= 15 is 0 Å². The highest BCUT2D eigenvalue weighted by Crippen LogP contribution is 2.21. The zero-order valence-electron chi connectivity index (χ0n) is 10.7. The van der Waals surface area contributed by atoms with Crippen LogP contribution in [0.2, 0.25) is 0 Å². The molecule has 0 saturated carbocycles. The monoisotopic (exact) mass is 289 g/mol. The molecule has 0 aliphatic heterocycles. The van der Waals surface area contributed by atoms with E-state index in [9.17, 15) is 17.6 Å². The van der Waals surface area contributed by atoms with Gasteiger partial charge in [0.15, 0.2) is 0 Å². The molecule has 0 aromatic heterocycles. The van der Waals surface area contributed by atoms with Crippen molar-refractivity contribution in [1.82, 2.24) is 4.31 Å². The largest absolute Gasteiger partial charge is 0.481 e. The molecule has 1 rings (SSSR count). The second-order valence-electron chi connectivity index (χ2n) is 4.28. The summed E-state index contributed by atoms with van der Waals surface area (Å²) in [5, 5.41) is 8.64. The summed E-state index contributed by atoms with van der Waals surface area (Å²) in [4.78, 5) is 10.1. The highest BCUT2D eigenvalue weighted by molar-refractivity contribution is 7.89. The number of carbonyl (C=O) groups is 1. The molecule has 0 aliphatic rings. The van der Waals surface area contributed by atoms with Gasteiger partial charge in [0, 0.05) is 12.6 Å². The van der Waals surface area contributed by atoms with Crippen LogP contribution in [0.5, 0.6) is 0 Å². The van der Waals surface area contributed by atoms with Crippen molar-refractivity contribution < 1.29 is 22.7 Å². The lowest BCUT2D eigenvalue weighted by atomic mass is 10.3. The molecule has 0 amide bonds. The molecule has 1 N–H and O–H groups in total. The number of rotatable bonds is 6. The van der Waals surface area contributed by atoms with Crippen LogP contribution in [0.4, 0.5) is 4.39 Å². The first-order chi connectivity index (χ1) is 8.76. The van der Waals surface area contributed by atoms with Gasteiger partial charge in [0.2, 0.25) is 10.0 Å². The molecular weight excluding hydrogens is 273 g/mol. The SMILES string of the molecule is CC(C)N(CCC(=O)O)S(=O)(=O)c1ccccc1F. The first-order valence-corrected chi connectivity index (χ1v) is 7.19. The van der Waals surface area contributed by atoms with Crippen LogP contribution in [0.1, 0.15) is 20.3 Å². The molecule has 0 saturated heterocycles. The quantitative estimate of drug-likeness (QED) is 0.865. The number of nitrogens with zero attached hydrogens (tertiary/aromatic N) is 1. The minimum atomic E-state index is -4.03. The maximum absolute atomic E-state index is 13.6. The average molecular weight is 289 g/mol. The molecular formula is C12H16FNO4S. The number of sulfonamides is 1. The van der Waals surface area contributed by atoms with Crippen molar-refractivity contribution >= 4 is 16.0 Å². The third-order valence-electron chi connectivity index (χ3n) is 2.55. The van der Waals surface area contributed by atoms with Crippen molar-refractivity contribution in [2.45, 2.75) is 31.2 Å². The summed E-state index contributed by atoms with van der Waals surface area (Å²) in [6.07, 6.45) is -0.328. The van der Waals surface area contributed by atoms with E-state index in [0.717, 1.165) is 10.4 Å². The number of carboxylic acid groups (broad SMARTS) is 1. The molecule has 0 bridgehead atoms. The Morgan fingerprint density at radius 2 is 1.95 bits per heavy atom. The van der Waals surface area contributed by atoms with E-state index in [1.807, 2.05) is 0 Å². The van der Waals surface area contributed by atoms with Crippen LogP contribution in [0, 0.1) is 5.82 Å². The zero-order valence-corrected chi connectivity index (χ0v) is 11.5. The Morgan fingerprint density at radius 3 is 2.42 bits per heavy atom. The first kappa shape index (κ1) is 15.6. The van der Waals surface area contributed by atoms with Crippen molar-refractivity contribution in [3.8, 4) is 0 Å². The fraction of sp³-hybridized carbons (Fsp3) is 0.417. The molecule has 1 aromatic carbocycles. The fourth-order valence-electron chi connectivity index (χ4n) is 1.64. The smallest absolute Gasteiger partial charge is 0.304 e. The van der Waals surface area contributed by atoms with Gasteiger partial charge in [0.1, 0.15) is 10.7 Å². The number of hydrogen-bond acceptors (Lipinski definition) is 3. The van der Waals surface area contributed by atoms with Gasteiger partial charge in [0.05, 0.1) is 6.42 Å². The third kappa shape index (κ3) is 3.74. The Kier molecular flexibility index (Phi) is 5.02. The van der Waals surface area contributed by atoms with Crippen LogP contribution < -0.4 is 0 Å². The Labute approximate surface area is 111 Å². The number of aliphatic carboxylic acids is 1. The van der Waals surface area contributed by atoms with Gasteiger partial charge in [-0.1, -0.05) is 12.1 Å². The molecule has 1 aromatic rings. The maximum Gasteiger partial charge on any atom is 0.304 e. The predicted molar refractivity (Wildman–Crippen MR) is 67.7 cm³/mol. The summed E-state index contributed by atoms with van der Waals surface area (Å²) < 4.78 is 39.2. The van der Waals surface area contributed by atoms with E-state index in [1.54, 1.807) is 13.8 Å². The zero-order chi connectivity index (χ0) is 14.6. The summed E-state index contributed by atoms with van der Waals surface area (Å²) in [6, 6.07) is 4.59. The Balaban J connectivity index is 3.14. The summed E-state index contributed by atoms with van der Waals surface area (Å²) in [5.41, 5.74) is 0. The van der Waals surface area contributed by atoms with Crippen LogP contribution in [0.3, 0.4) is 0 Å². The Morgan fingerprint density at radius 1 is 1.37 bits per heavy atom. The minimum absolute atomic E-state index is 0.191. The standard InChI is InChI=1S/C12H16FNO4S/c1-9(2)14(8-7-12(15)16)19(17,18)11-6-4-3-5-10(11)13/h3-6,9H,7-8H2,1-2H3,(H,15,16). The van der Waals surface area contributed by atoms with E-state index in [2.05, 4.69) is 0 Å². The molecule has 0 radical (unpaired) electrons. The lowest BCUT2D eigenvalue weighted by Crippen LogP contribution is -2.38. The molecule has 0 spiro atoms. The lowest BCUT2D eigenvalue weighted by Gasteiger charge is -2.25. The summed E-state index contributed by atoms with van der Waals surface area (Å²) in [6.45, 7) is 3.03. The van der Waals surface area contributed by atoms with Crippen molar-refractivity contribution in [2.24, 2.45) is 0 Å². The topological polar surface area (TPSA) is 74.7 Å². The molecule has 0 aliphatic carbocycles. The lowest BCUT2D eigenvalue weighted by molar-refractivity contribution is -0.137. The summed E-state index contributed by atoms with van der Waals surface area (Å²) >= 11 is 0. The number of halogens is 1. The van der Waals surface area contributed by atoms with Crippen LogP contribution >= 0.6 is 0 Å². The van der Waals surface area contributed by atoms with Crippen LogP contribution in [0.25, 0.3) is 0 Å². The van der Waals surface area contributed by atoms with Crippen LogP contribution in [0.15, 0.2) is 29.2 Å². The van der Waals surface area contributed by atoms with E-state index in [0.29, 0.717) is 0 Å². The second-order valence-corrected chi connectivity index (χ2v) is 6.14. The number of hydrogen-bond donors (Lipinski definition) is 1. The van der Waals surface area contributed by atoms with Crippen molar-refractivity contribution in [3.05, 3.63) is 30.1 Å². The van der Waals surface area contributed by atoms with Crippen molar-refractivity contribution in [3.63, 3.8) is 0 Å². The van der Waals surface area contributed by atoms with Gasteiger partial charge in [-0.3, -0.25) is 4.79 Å². The van der Waals surface area contributed by atoms with Crippen molar-refractivity contribution in [1.29, 1.82) is 0 Å². The van der Waals surface area contributed by atoms with E-state index in [1.165, 1.54) is 18.2 Å². The molecule has 0 atom stereocenters. The maximum atomic E-state index is 13.6. The molecule has 0 fully saturated rings. The van der Waals surface area contributed by atoms with Gasteiger partial charge in [-0.15, -0.1) is 0 Å². The fourth-order valence-corrected chi connectivity index (χ4v) is 3.35. The first-order valence-electron chi connectivity index (χ1n) is 5.75. The van der Waals surface area contributed by atoms with E-state index in [-0.39, 0.29) is 13.0 Å². The molecule has 0 unspecified atom stereocenters. The molecule has 0 heterocycles. The third-order valence-corrected chi connectivity index (χ3v) is 4.65. The normalized spacial score (nSPS) is 12.1. The van der Waals surface area contributed by atoms with Gasteiger partial charge in [0.25, 0.3) is 0 Å². The van der Waals surface area contributed by atoms with Gasteiger partial charge in [-0.05, 0) is 26.0 Å². The highest BCUT2D eigenvalue weighted by Gasteiger charge is 2.29. The molecule has 5 nitrogen and oxygen atoms in total. The number of benzene rings is 1. The van der Waals surface area contributed by atoms with Crippen LogP contribution in [-0.4, -0.2) is 36.4 Å². The van der Waals surface area contributed by atoms with E-state index in [4.69, 9.17) is 5.11 Å². The summed E-state index contributed by atoms with van der Waals surface area (Å²) in [7, 11) is -4.03. The van der Waals surface area contributed by atoms with E-state index < -0.39 is 32.7 Å². The van der Waals surface area contributed by atoms with Crippen LogP contribution in [-0.2, 0) is 14.8 Å². The van der Waals surface area contributed by atoms with Gasteiger partial charge in [-0.2, -0.15) is 4.31 Å².